The first-order valence-corrected chi connectivity index (χ1v) is 17.5. The van der Waals surface area contributed by atoms with Gasteiger partial charge in [-0.25, -0.2) is 19.6 Å². The number of carbonyl (C=O) groups is 2. The number of alkyl halides is 6. The van der Waals surface area contributed by atoms with Crippen molar-refractivity contribution in [2.24, 2.45) is 0 Å². The average Bonchev–Trinajstić information content (AvgIpc) is 3.14. The van der Waals surface area contributed by atoms with Gasteiger partial charge in [0, 0.05) is 30.1 Å². The molecule has 0 aliphatic carbocycles. The SMILES string of the molecule is CC(C)c1cc(N)nc(NC(=O)Nc2ccc(OC(F)(F)F)cc2)n1.COc1ccc(CNc2cc(C(C)C)nc(NC(=O)Nc3ccc(OC(F)(F)F)cc3)n2)cc1. The van der Waals surface area contributed by atoms with Gasteiger partial charge in [0.25, 0.3) is 0 Å². The zero-order valence-electron chi connectivity index (χ0n) is 32.1. The first-order chi connectivity index (χ1) is 27.7. The molecule has 7 N–H and O–H groups in total. The third-order valence-electron chi connectivity index (χ3n) is 7.47. The van der Waals surface area contributed by atoms with Crippen molar-refractivity contribution in [3.63, 3.8) is 0 Å². The number of rotatable bonds is 12. The molecule has 0 spiro atoms. The number of carbonyl (C=O) groups excluding carboxylic acids is 2. The van der Waals surface area contributed by atoms with Crippen molar-refractivity contribution in [3.8, 4) is 17.2 Å². The molecule has 2 aromatic heterocycles. The van der Waals surface area contributed by atoms with Crippen LogP contribution in [0.15, 0.2) is 84.9 Å². The molecule has 0 saturated carbocycles. The second-order valence-electron chi connectivity index (χ2n) is 12.9. The first kappa shape index (κ1) is 44.7. The van der Waals surface area contributed by atoms with Crippen LogP contribution in [0.2, 0.25) is 0 Å². The highest BCUT2D eigenvalue weighted by Gasteiger charge is 2.31. The van der Waals surface area contributed by atoms with Crippen LogP contribution in [0.25, 0.3) is 0 Å². The van der Waals surface area contributed by atoms with Gasteiger partial charge in [-0.15, -0.1) is 26.3 Å². The van der Waals surface area contributed by atoms with E-state index in [2.05, 4.69) is 56.0 Å². The molecule has 5 aromatic rings. The summed E-state index contributed by atoms with van der Waals surface area (Å²) in [5, 5.41) is 13.1. The Bertz CT molecular complexity index is 2150. The van der Waals surface area contributed by atoms with Crippen LogP contribution in [-0.2, 0) is 6.54 Å². The van der Waals surface area contributed by atoms with Crippen molar-refractivity contribution >= 4 is 47.0 Å². The summed E-state index contributed by atoms with van der Waals surface area (Å²) in [7, 11) is 1.60. The minimum Gasteiger partial charge on any atom is -0.497 e. The van der Waals surface area contributed by atoms with Crippen LogP contribution in [0.1, 0.15) is 56.5 Å². The number of methoxy groups -OCH3 is 1. The molecule has 0 radical (unpaired) electrons. The van der Waals surface area contributed by atoms with Gasteiger partial charge >= 0.3 is 24.8 Å². The van der Waals surface area contributed by atoms with Crippen molar-refractivity contribution in [2.75, 3.05) is 39.4 Å². The highest BCUT2D eigenvalue weighted by Crippen LogP contribution is 2.26. The highest BCUT2D eigenvalue weighted by atomic mass is 19.4. The van der Waals surface area contributed by atoms with E-state index in [4.69, 9.17) is 10.5 Å². The quantitative estimate of drug-likeness (QED) is 0.0655. The van der Waals surface area contributed by atoms with E-state index in [-0.39, 0.29) is 52.4 Å². The summed E-state index contributed by atoms with van der Waals surface area (Å²) >= 11 is 0. The lowest BCUT2D eigenvalue weighted by Crippen LogP contribution is -2.22. The van der Waals surface area contributed by atoms with Crippen LogP contribution in [-0.4, -0.2) is 51.8 Å². The fraction of sp³-hybridized carbons (Fsp3) is 0.263. The Hall–Kier alpha value is -7.06. The van der Waals surface area contributed by atoms with Crippen molar-refractivity contribution in [1.82, 2.24) is 19.9 Å². The van der Waals surface area contributed by atoms with E-state index in [9.17, 15) is 35.9 Å². The van der Waals surface area contributed by atoms with E-state index < -0.39 is 24.8 Å². The third kappa shape index (κ3) is 15.8. The third-order valence-corrected chi connectivity index (χ3v) is 7.47. The molecule has 59 heavy (non-hydrogen) atoms. The monoisotopic (exact) mass is 830 g/mol. The molecule has 4 amide bonds. The second-order valence-corrected chi connectivity index (χ2v) is 12.9. The predicted octanol–water partition coefficient (Wildman–Crippen LogP) is 9.49. The second kappa shape index (κ2) is 19.9. The van der Waals surface area contributed by atoms with Crippen molar-refractivity contribution in [2.45, 2.75) is 58.8 Å². The summed E-state index contributed by atoms with van der Waals surface area (Å²) in [5.74, 6) is 0.993. The largest absolute Gasteiger partial charge is 0.573 e. The van der Waals surface area contributed by atoms with Gasteiger partial charge in [-0.1, -0.05) is 39.8 Å². The van der Waals surface area contributed by atoms with Gasteiger partial charge in [-0.3, -0.25) is 10.6 Å². The van der Waals surface area contributed by atoms with Crippen molar-refractivity contribution < 1.29 is 50.1 Å². The molecular formula is C38H40F6N10O5. The number of nitrogens with two attached hydrogens (primary N) is 1. The number of ether oxygens (including phenoxy) is 3. The van der Waals surface area contributed by atoms with Crippen molar-refractivity contribution in [1.29, 1.82) is 0 Å². The number of benzene rings is 3. The molecule has 5 rings (SSSR count). The predicted molar refractivity (Wildman–Crippen MR) is 209 cm³/mol. The molecule has 0 fully saturated rings. The molecular weight excluding hydrogens is 790 g/mol. The first-order valence-electron chi connectivity index (χ1n) is 17.5. The maximum Gasteiger partial charge on any atom is 0.573 e. The summed E-state index contributed by atoms with van der Waals surface area (Å²) in [4.78, 5) is 41.1. The van der Waals surface area contributed by atoms with Crippen LogP contribution in [0.3, 0.4) is 0 Å². The Balaban J connectivity index is 0.000000273. The van der Waals surface area contributed by atoms with E-state index >= 15 is 0 Å². The zero-order valence-corrected chi connectivity index (χ0v) is 32.1. The zero-order chi connectivity index (χ0) is 43.3. The lowest BCUT2D eigenvalue weighted by molar-refractivity contribution is -0.275. The number of amides is 4. The highest BCUT2D eigenvalue weighted by molar-refractivity contribution is 5.99. The summed E-state index contributed by atoms with van der Waals surface area (Å²) < 4.78 is 85.8. The van der Waals surface area contributed by atoms with Crippen LogP contribution >= 0.6 is 0 Å². The van der Waals surface area contributed by atoms with E-state index in [1.54, 1.807) is 19.2 Å². The molecule has 0 saturated heterocycles. The number of hydrogen-bond donors (Lipinski definition) is 6. The lowest BCUT2D eigenvalue weighted by atomic mass is 10.1. The fourth-order valence-electron chi connectivity index (χ4n) is 4.69. The number of nitrogens with one attached hydrogen (secondary N) is 5. The van der Waals surface area contributed by atoms with Gasteiger partial charge in [-0.05, 0) is 78.1 Å². The minimum atomic E-state index is -4.79. The van der Waals surface area contributed by atoms with Gasteiger partial charge in [0.05, 0.1) is 18.5 Å². The topological polar surface area (TPSA) is 200 Å². The molecule has 314 valence electrons. The van der Waals surface area contributed by atoms with Gasteiger partial charge < -0.3 is 35.9 Å². The Morgan fingerprint density at radius 3 is 1.46 bits per heavy atom. The fourth-order valence-corrected chi connectivity index (χ4v) is 4.69. The summed E-state index contributed by atoms with van der Waals surface area (Å²) in [6, 6.07) is 19.1. The number of aromatic nitrogens is 4. The summed E-state index contributed by atoms with van der Waals surface area (Å²) in [5.41, 5.74) is 8.59. The average molecular weight is 831 g/mol. The Morgan fingerprint density at radius 2 is 1.03 bits per heavy atom. The van der Waals surface area contributed by atoms with E-state index in [0.29, 0.717) is 18.1 Å². The number of hydrogen-bond acceptors (Lipinski definition) is 11. The maximum atomic E-state index is 12.4. The molecule has 2 heterocycles. The molecule has 0 bridgehead atoms. The molecule has 0 aliphatic rings. The number of urea groups is 2. The van der Waals surface area contributed by atoms with Crippen LogP contribution in [0.5, 0.6) is 17.2 Å². The molecule has 21 heteroatoms. The van der Waals surface area contributed by atoms with Crippen molar-refractivity contribution in [3.05, 3.63) is 102 Å². The van der Waals surface area contributed by atoms with E-state index in [1.165, 1.54) is 24.3 Å². The van der Waals surface area contributed by atoms with Crippen LogP contribution < -0.4 is 46.5 Å². The van der Waals surface area contributed by atoms with Crippen LogP contribution in [0, 0.1) is 0 Å². The summed E-state index contributed by atoms with van der Waals surface area (Å²) in [6.45, 7) is 8.25. The maximum absolute atomic E-state index is 12.4. The Morgan fingerprint density at radius 1 is 0.610 bits per heavy atom. The standard InChI is InChI=1S/C23H24F3N5O3.C15H16F3N5O2/c1-14(2)19-12-20(27-13-15-4-8-17(33-3)9-5-15)30-21(29-19)31-22(32)28-16-6-10-18(11-7-16)34-23(24,25)26;1-8(2)11-7-12(19)22-13(21-11)23-14(24)20-9-3-5-10(6-4-9)25-15(16,17)18/h4-12,14H,13H2,1-3H3,(H3,27,28,29,30,31,32);3-8H,1-2H3,(H4,19,20,21,22,23,24). The van der Waals surface area contributed by atoms with Crippen LogP contribution in [0.4, 0.5) is 70.8 Å². The van der Waals surface area contributed by atoms with E-state index in [1.807, 2.05) is 52.0 Å². The normalized spacial score (nSPS) is 11.2. The number of halogens is 6. The summed E-state index contributed by atoms with van der Waals surface area (Å²) in [6.07, 6.45) is -9.56. The number of nitrogen functional groups attached to an aromatic ring is 1. The van der Waals surface area contributed by atoms with E-state index in [0.717, 1.165) is 41.3 Å². The van der Waals surface area contributed by atoms with Gasteiger partial charge in [0.2, 0.25) is 11.9 Å². The lowest BCUT2D eigenvalue weighted by Gasteiger charge is -2.13. The van der Waals surface area contributed by atoms with Gasteiger partial charge in [-0.2, -0.15) is 9.97 Å². The van der Waals surface area contributed by atoms with Gasteiger partial charge in [0.1, 0.15) is 28.9 Å². The number of nitrogens with zero attached hydrogens (tertiary/aromatic N) is 4. The molecule has 3 aromatic carbocycles. The molecule has 15 nitrogen and oxygen atoms in total. The van der Waals surface area contributed by atoms with Gasteiger partial charge in [0.15, 0.2) is 0 Å². The minimum absolute atomic E-state index is 0.0261. The Kier molecular flexibility index (Phi) is 15.0. The molecule has 0 unspecified atom stereocenters. The Labute approximate surface area is 334 Å². The molecule has 0 aliphatic heterocycles. The molecule has 0 atom stereocenters. The smallest absolute Gasteiger partial charge is 0.497 e. The number of anilines is 6.